The maximum atomic E-state index is 13.4. The highest BCUT2D eigenvalue weighted by Gasteiger charge is 2.16. The molecule has 0 heterocycles. The van der Waals surface area contributed by atoms with Gasteiger partial charge in [-0.1, -0.05) is 23.7 Å². The van der Waals surface area contributed by atoms with E-state index in [2.05, 4.69) is 5.32 Å². The lowest BCUT2D eigenvalue weighted by atomic mass is 10.1. The van der Waals surface area contributed by atoms with Gasteiger partial charge in [0.15, 0.2) is 0 Å². The standard InChI is InChI=1S/C14H12ClFN2O2/c1-9-12(16)5-3-6-13(9)17-8-10-11(15)4-2-7-14(10)18(19)20/h2-7,17H,8H2,1H3. The maximum absolute atomic E-state index is 13.4. The molecule has 0 bridgehead atoms. The summed E-state index contributed by atoms with van der Waals surface area (Å²) in [5, 5.41) is 14.2. The van der Waals surface area contributed by atoms with Crippen molar-refractivity contribution in [2.24, 2.45) is 0 Å². The SMILES string of the molecule is Cc1c(F)cccc1NCc1c(Cl)cccc1[N+](=O)[O-]. The van der Waals surface area contributed by atoms with Crippen LogP contribution in [-0.4, -0.2) is 4.92 Å². The second-order valence-corrected chi connectivity index (χ2v) is 4.67. The average molecular weight is 295 g/mol. The maximum Gasteiger partial charge on any atom is 0.275 e. The largest absolute Gasteiger partial charge is 0.380 e. The monoisotopic (exact) mass is 294 g/mol. The van der Waals surface area contributed by atoms with E-state index in [4.69, 9.17) is 11.6 Å². The van der Waals surface area contributed by atoms with Crippen molar-refractivity contribution >= 4 is 23.0 Å². The summed E-state index contributed by atoms with van der Waals surface area (Å²) in [5.74, 6) is -0.330. The summed E-state index contributed by atoms with van der Waals surface area (Å²) in [7, 11) is 0. The summed E-state index contributed by atoms with van der Waals surface area (Å²) in [4.78, 5) is 10.5. The molecule has 0 unspecified atom stereocenters. The van der Waals surface area contributed by atoms with Gasteiger partial charge >= 0.3 is 0 Å². The molecule has 0 fully saturated rings. The first-order valence-electron chi connectivity index (χ1n) is 5.91. The Morgan fingerprint density at radius 1 is 1.30 bits per heavy atom. The van der Waals surface area contributed by atoms with Crippen molar-refractivity contribution in [1.29, 1.82) is 0 Å². The molecule has 2 rings (SSSR count). The predicted octanol–water partition coefficient (Wildman–Crippen LogP) is 4.31. The smallest absolute Gasteiger partial charge is 0.275 e. The first-order chi connectivity index (χ1) is 9.50. The number of benzene rings is 2. The fraction of sp³-hybridized carbons (Fsp3) is 0.143. The van der Waals surface area contributed by atoms with Crippen LogP contribution in [0, 0.1) is 22.9 Å². The summed E-state index contributed by atoms with van der Waals surface area (Å²) in [6, 6.07) is 9.15. The number of nitrogens with one attached hydrogen (secondary N) is 1. The molecule has 104 valence electrons. The van der Waals surface area contributed by atoms with E-state index < -0.39 is 4.92 Å². The van der Waals surface area contributed by atoms with Gasteiger partial charge in [0.2, 0.25) is 0 Å². The zero-order chi connectivity index (χ0) is 14.7. The van der Waals surface area contributed by atoms with Crippen molar-refractivity contribution in [3.8, 4) is 0 Å². The molecule has 0 saturated carbocycles. The van der Waals surface area contributed by atoms with E-state index in [1.807, 2.05) is 0 Å². The lowest BCUT2D eigenvalue weighted by Gasteiger charge is -2.11. The highest BCUT2D eigenvalue weighted by molar-refractivity contribution is 6.31. The van der Waals surface area contributed by atoms with Crippen LogP contribution in [0.1, 0.15) is 11.1 Å². The summed E-state index contributed by atoms with van der Waals surface area (Å²) in [5.41, 5.74) is 1.36. The van der Waals surface area contributed by atoms with Gasteiger partial charge in [-0.15, -0.1) is 0 Å². The molecule has 2 aromatic rings. The number of hydrogen-bond acceptors (Lipinski definition) is 3. The minimum absolute atomic E-state index is 0.0564. The third kappa shape index (κ3) is 2.88. The normalized spacial score (nSPS) is 10.3. The molecule has 0 atom stereocenters. The minimum atomic E-state index is -0.485. The van der Waals surface area contributed by atoms with Crippen LogP contribution in [0.4, 0.5) is 15.8 Å². The van der Waals surface area contributed by atoms with E-state index in [1.165, 1.54) is 18.2 Å². The first kappa shape index (κ1) is 14.3. The van der Waals surface area contributed by atoms with E-state index in [0.717, 1.165) is 0 Å². The first-order valence-corrected chi connectivity index (χ1v) is 6.29. The van der Waals surface area contributed by atoms with Crippen molar-refractivity contribution in [3.05, 3.63) is 68.5 Å². The van der Waals surface area contributed by atoms with Crippen LogP contribution in [-0.2, 0) is 6.54 Å². The molecule has 0 aromatic heterocycles. The van der Waals surface area contributed by atoms with Gasteiger partial charge in [-0.2, -0.15) is 0 Å². The lowest BCUT2D eigenvalue weighted by molar-refractivity contribution is -0.385. The Kier molecular flexibility index (Phi) is 4.20. The molecule has 0 aliphatic rings. The predicted molar refractivity (Wildman–Crippen MR) is 76.6 cm³/mol. The molecule has 6 heteroatoms. The van der Waals surface area contributed by atoms with Crippen molar-refractivity contribution in [3.63, 3.8) is 0 Å². The van der Waals surface area contributed by atoms with Crippen molar-refractivity contribution in [2.75, 3.05) is 5.32 Å². The Balaban J connectivity index is 2.27. The zero-order valence-corrected chi connectivity index (χ0v) is 11.4. The molecule has 20 heavy (non-hydrogen) atoms. The Morgan fingerprint density at radius 2 is 2.00 bits per heavy atom. The van der Waals surface area contributed by atoms with Gasteiger partial charge in [-0.05, 0) is 25.1 Å². The van der Waals surface area contributed by atoms with E-state index in [0.29, 0.717) is 21.8 Å². The van der Waals surface area contributed by atoms with Gasteiger partial charge in [0.25, 0.3) is 5.69 Å². The third-order valence-corrected chi connectivity index (χ3v) is 3.37. The molecule has 0 radical (unpaired) electrons. The summed E-state index contributed by atoms with van der Waals surface area (Å²) in [6.45, 7) is 1.79. The van der Waals surface area contributed by atoms with Crippen molar-refractivity contribution < 1.29 is 9.31 Å². The third-order valence-electron chi connectivity index (χ3n) is 3.01. The molecule has 1 N–H and O–H groups in total. The van der Waals surface area contributed by atoms with Crippen molar-refractivity contribution in [2.45, 2.75) is 13.5 Å². The second kappa shape index (κ2) is 5.88. The molecule has 0 spiro atoms. The molecule has 0 aliphatic heterocycles. The molecule has 0 amide bonds. The van der Waals surface area contributed by atoms with Gasteiger partial charge in [0.05, 0.1) is 15.5 Å². The van der Waals surface area contributed by atoms with Gasteiger partial charge in [-0.3, -0.25) is 10.1 Å². The Hall–Kier alpha value is -2.14. The minimum Gasteiger partial charge on any atom is -0.380 e. The molecule has 0 saturated heterocycles. The Bertz CT molecular complexity index is 662. The fourth-order valence-electron chi connectivity index (χ4n) is 1.88. The number of halogens is 2. The van der Waals surface area contributed by atoms with Crippen LogP contribution in [0.2, 0.25) is 5.02 Å². The van der Waals surface area contributed by atoms with E-state index >= 15 is 0 Å². The average Bonchev–Trinajstić information content (AvgIpc) is 2.41. The van der Waals surface area contributed by atoms with Gasteiger partial charge < -0.3 is 5.32 Å². The fourth-order valence-corrected chi connectivity index (χ4v) is 2.11. The topological polar surface area (TPSA) is 55.2 Å². The molecule has 4 nitrogen and oxygen atoms in total. The Morgan fingerprint density at radius 3 is 2.70 bits per heavy atom. The van der Waals surface area contributed by atoms with Gasteiger partial charge in [0.1, 0.15) is 5.82 Å². The number of nitro groups is 1. The van der Waals surface area contributed by atoms with Crippen LogP contribution in [0.3, 0.4) is 0 Å². The molecular weight excluding hydrogens is 283 g/mol. The second-order valence-electron chi connectivity index (χ2n) is 4.26. The summed E-state index contributed by atoms with van der Waals surface area (Å²) >= 11 is 5.99. The van der Waals surface area contributed by atoms with E-state index in [9.17, 15) is 14.5 Å². The Labute approximate surface area is 120 Å². The molecule has 2 aromatic carbocycles. The van der Waals surface area contributed by atoms with Gasteiger partial charge in [0, 0.05) is 23.9 Å². The zero-order valence-electron chi connectivity index (χ0n) is 10.7. The van der Waals surface area contributed by atoms with Crippen LogP contribution >= 0.6 is 11.6 Å². The lowest BCUT2D eigenvalue weighted by Crippen LogP contribution is -2.05. The number of hydrogen-bond donors (Lipinski definition) is 1. The summed E-state index contributed by atoms with van der Waals surface area (Å²) in [6.07, 6.45) is 0. The van der Waals surface area contributed by atoms with E-state index in [1.54, 1.807) is 25.1 Å². The van der Waals surface area contributed by atoms with Crippen LogP contribution in [0.15, 0.2) is 36.4 Å². The molecule has 0 aliphatic carbocycles. The summed E-state index contributed by atoms with van der Waals surface area (Å²) < 4.78 is 13.4. The quantitative estimate of drug-likeness (QED) is 0.675. The van der Waals surface area contributed by atoms with Crippen LogP contribution < -0.4 is 5.32 Å². The van der Waals surface area contributed by atoms with Crippen LogP contribution in [0.5, 0.6) is 0 Å². The highest BCUT2D eigenvalue weighted by Crippen LogP contribution is 2.27. The van der Waals surface area contributed by atoms with Crippen molar-refractivity contribution in [1.82, 2.24) is 0 Å². The number of rotatable bonds is 4. The van der Waals surface area contributed by atoms with Gasteiger partial charge in [-0.25, -0.2) is 4.39 Å². The highest BCUT2D eigenvalue weighted by atomic mass is 35.5. The number of nitrogens with zero attached hydrogens (tertiary/aromatic N) is 1. The number of nitro benzene ring substituents is 1. The molecular formula is C14H12ClFN2O2. The van der Waals surface area contributed by atoms with Crippen LogP contribution in [0.25, 0.3) is 0 Å². The van der Waals surface area contributed by atoms with E-state index in [-0.39, 0.29) is 18.0 Å². The number of anilines is 1.